The van der Waals surface area contributed by atoms with Crippen LogP contribution in [0.2, 0.25) is 5.02 Å². The highest BCUT2D eigenvalue weighted by Crippen LogP contribution is 2.18. The highest BCUT2D eigenvalue weighted by atomic mass is 35.5. The van der Waals surface area contributed by atoms with Crippen LogP contribution in [-0.2, 0) is 20.6 Å². The van der Waals surface area contributed by atoms with Gasteiger partial charge in [-0.25, -0.2) is 10.2 Å². The summed E-state index contributed by atoms with van der Waals surface area (Å²) in [5.41, 5.74) is 2.75. The zero-order valence-corrected chi connectivity index (χ0v) is 19.3. The minimum absolute atomic E-state index is 0.0158. The maximum absolute atomic E-state index is 12.9. The van der Waals surface area contributed by atoms with Crippen molar-refractivity contribution in [3.8, 4) is 5.75 Å². The number of hydrogen-bond donors (Lipinski definition) is 2. The topological polar surface area (TPSA) is 116 Å². The standard InChI is InChI=1S/C23H23ClN6O4/c1-28-20-19(21(32)29(2)23(28)33)30(13-16(31)14-34-17-9-4-3-5-10-17)22(26-20)27-25-12-15-8-6-7-11-18(15)24/h3-12,16,31H,13-14H2,1-2H3,(H,26,27)/b25-12+. The van der Waals surface area contributed by atoms with Gasteiger partial charge in [-0.3, -0.25) is 13.9 Å². The molecule has 176 valence electrons. The molecule has 0 saturated heterocycles. The Morgan fingerprint density at radius 1 is 1.12 bits per heavy atom. The van der Waals surface area contributed by atoms with Crippen molar-refractivity contribution < 1.29 is 9.84 Å². The number of rotatable bonds is 8. The third-order valence-corrected chi connectivity index (χ3v) is 5.54. The summed E-state index contributed by atoms with van der Waals surface area (Å²) >= 11 is 6.16. The molecule has 0 aliphatic carbocycles. The van der Waals surface area contributed by atoms with Gasteiger partial charge in [-0.1, -0.05) is 48.0 Å². The lowest BCUT2D eigenvalue weighted by Crippen LogP contribution is -2.38. The number of ether oxygens (including phenoxy) is 1. The summed E-state index contributed by atoms with van der Waals surface area (Å²) in [6.45, 7) is -0.0428. The second-order valence-electron chi connectivity index (χ2n) is 7.59. The lowest BCUT2D eigenvalue weighted by Gasteiger charge is -2.15. The van der Waals surface area contributed by atoms with Crippen molar-refractivity contribution in [1.29, 1.82) is 0 Å². The molecule has 0 saturated carbocycles. The number of fused-ring (bicyclic) bond motifs is 1. The van der Waals surface area contributed by atoms with Crippen molar-refractivity contribution in [2.45, 2.75) is 12.6 Å². The zero-order chi connectivity index (χ0) is 24.2. The minimum Gasteiger partial charge on any atom is -0.491 e. The van der Waals surface area contributed by atoms with E-state index in [1.807, 2.05) is 30.3 Å². The van der Waals surface area contributed by atoms with Crippen LogP contribution in [0.3, 0.4) is 0 Å². The van der Waals surface area contributed by atoms with Crippen molar-refractivity contribution in [3.05, 3.63) is 86.0 Å². The summed E-state index contributed by atoms with van der Waals surface area (Å²) in [5.74, 6) is 0.786. The summed E-state index contributed by atoms with van der Waals surface area (Å²) in [6, 6.07) is 16.2. The molecule has 10 nitrogen and oxygen atoms in total. The van der Waals surface area contributed by atoms with Crippen molar-refractivity contribution in [3.63, 3.8) is 0 Å². The van der Waals surface area contributed by atoms with Gasteiger partial charge in [0.1, 0.15) is 18.5 Å². The van der Waals surface area contributed by atoms with Crippen molar-refractivity contribution >= 4 is 34.9 Å². The van der Waals surface area contributed by atoms with E-state index in [1.54, 1.807) is 24.3 Å². The predicted molar refractivity (Wildman–Crippen MR) is 131 cm³/mol. The van der Waals surface area contributed by atoms with Crippen LogP contribution in [0, 0.1) is 0 Å². The summed E-state index contributed by atoms with van der Waals surface area (Å²) in [6.07, 6.45) is 0.533. The molecule has 11 heteroatoms. The van der Waals surface area contributed by atoms with E-state index in [9.17, 15) is 14.7 Å². The van der Waals surface area contributed by atoms with Gasteiger partial charge in [-0.05, 0) is 18.2 Å². The van der Waals surface area contributed by atoms with Crippen LogP contribution in [0.15, 0.2) is 69.3 Å². The van der Waals surface area contributed by atoms with Crippen LogP contribution >= 0.6 is 11.6 Å². The average Bonchev–Trinajstić information content (AvgIpc) is 3.20. The first kappa shape index (κ1) is 23.3. The van der Waals surface area contributed by atoms with Gasteiger partial charge in [-0.15, -0.1) is 0 Å². The number of nitrogens with zero attached hydrogens (tertiary/aromatic N) is 5. The van der Waals surface area contributed by atoms with Gasteiger partial charge in [0, 0.05) is 24.7 Å². The third kappa shape index (κ3) is 4.73. The first-order valence-corrected chi connectivity index (χ1v) is 10.8. The molecule has 0 bridgehead atoms. The zero-order valence-electron chi connectivity index (χ0n) is 18.6. The number of aromatic nitrogens is 4. The Bertz CT molecular complexity index is 1460. The molecule has 2 aromatic heterocycles. The number of aliphatic hydroxyl groups excluding tert-OH is 1. The minimum atomic E-state index is -0.979. The summed E-state index contributed by atoms with van der Waals surface area (Å²) in [5, 5.41) is 15.4. The average molecular weight is 483 g/mol. The smallest absolute Gasteiger partial charge is 0.332 e. The molecular weight excluding hydrogens is 460 g/mol. The Morgan fingerprint density at radius 3 is 2.56 bits per heavy atom. The number of anilines is 1. The number of benzene rings is 2. The number of halogens is 1. The molecule has 4 rings (SSSR count). The normalized spacial score (nSPS) is 12.4. The molecule has 0 radical (unpaired) electrons. The number of aliphatic hydroxyl groups is 1. The number of imidazole rings is 1. The molecule has 2 heterocycles. The van der Waals surface area contributed by atoms with Crippen LogP contribution in [-0.4, -0.2) is 42.7 Å². The SMILES string of the molecule is Cn1c(=O)c2c(nc(N/N=C/c3ccccc3Cl)n2CC(O)COc2ccccc2)n(C)c1=O. The van der Waals surface area contributed by atoms with Crippen LogP contribution < -0.4 is 21.4 Å². The number of hydrazone groups is 1. The quantitative estimate of drug-likeness (QED) is 0.293. The molecule has 2 aromatic carbocycles. The molecule has 2 N–H and O–H groups in total. The number of hydrogen-bond acceptors (Lipinski definition) is 7. The summed E-state index contributed by atoms with van der Waals surface area (Å²) in [4.78, 5) is 29.7. The maximum atomic E-state index is 12.9. The summed E-state index contributed by atoms with van der Waals surface area (Å²) < 4.78 is 9.37. The van der Waals surface area contributed by atoms with Crippen molar-refractivity contribution in [2.75, 3.05) is 12.0 Å². The van der Waals surface area contributed by atoms with Gasteiger partial charge in [0.05, 0.1) is 12.8 Å². The van der Waals surface area contributed by atoms with Gasteiger partial charge in [0.2, 0.25) is 5.95 Å². The third-order valence-electron chi connectivity index (χ3n) is 5.20. The Morgan fingerprint density at radius 2 is 1.82 bits per heavy atom. The van der Waals surface area contributed by atoms with Gasteiger partial charge in [-0.2, -0.15) is 10.1 Å². The highest BCUT2D eigenvalue weighted by molar-refractivity contribution is 6.33. The van der Waals surface area contributed by atoms with Crippen LogP contribution in [0.4, 0.5) is 5.95 Å². The van der Waals surface area contributed by atoms with E-state index < -0.39 is 17.4 Å². The Balaban J connectivity index is 1.68. The van der Waals surface area contributed by atoms with E-state index in [2.05, 4.69) is 15.5 Å². The summed E-state index contributed by atoms with van der Waals surface area (Å²) in [7, 11) is 2.91. The Kier molecular flexibility index (Phi) is 6.80. The maximum Gasteiger partial charge on any atom is 0.332 e. The molecule has 0 aliphatic heterocycles. The molecule has 1 unspecified atom stereocenters. The lowest BCUT2D eigenvalue weighted by atomic mass is 10.2. The second-order valence-corrected chi connectivity index (χ2v) is 8.00. The van der Waals surface area contributed by atoms with Crippen LogP contribution in [0.5, 0.6) is 5.75 Å². The molecule has 4 aromatic rings. The molecular formula is C23H23ClN6O4. The fourth-order valence-corrected chi connectivity index (χ4v) is 3.61. The second kappa shape index (κ2) is 9.94. The number of nitrogens with one attached hydrogen (secondary N) is 1. The van der Waals surface area contributed by atoms with Gasteiger partial charge in [0.25, 0.3) is 5.56 Å². The Labute approximate surface area is 199 Å². The molecule has 1 atom stereocenters. The molecule has 34 heavy (non-hydrogen) atoms. The van der Waals surface area contributed by atoms with E-state index in [4.69, 9.17) is 16.3 Å². The first-order valence-electron chi connectivity index (χ1n) is 10.4. The van der Waals surface area contributed by atoms with Crippen LogP contribution in [0.25, 0.3) is 11.2 Å². The molecule has 0 spiro atoms. The van der Waals surface area contributed by atoms with Gasteiger partial charge >= 0.3 is 5.69 Å². The number of aryl methyl sites for hydroxylation is 1. The van der Waals surface area contributed by atoms with E-state index in [0.717, 1.165) is 4.57 Å². The van der Waals surface area contributed by atoms with E-state index in [-0.39, 0.29) is 30.3 Å². The van der Waals surface area contributed by atoms with Gasteiger partial charge in [0.15, 0.2) is 11.2 Å². The fourth-order valence-electron chi connectivity index (χ4n) is 3.42. The highest BCUT2D eigenvalue weighted by Gasteiger charge is 2.21. The van der Waals surface area contributed by atoms with Crippen molar-refractivity contribution in [2.24, 2.45) is 19.2 Å². The number of para-hydroxylation sites is 1. The van der Waals surface area contributed by atoms with Gasteiger partial charge < -0.3 is 14.4 Å². The largest absolute Gasteiger partial charge is 0.491 e. The van der Waals surface area contributed by atoms with E-state index in [0.29, 0.717) is 16.3 Å². The fraction of sp³-hybridized carbons (Fsp3) is 0.217. The Hall–Kier alpha value is -3.89. The first-order chi connectivity index (χ1) is 16.4. The molecule has 0 fully saturated rings. The molecule has 0 amide bonds. The predicted octanol–water partition coefficient (Wildman–Crippen LogP) is 1.97. The lowest BCUT2D eigenvalue weighted by molar-refractivity contribution is 0.0938. The van der Waals surface area contributed by atoms with Crippen LogP contribution in [0.1, 0.15) is 5.56 Å². The van der Waals surface area contributed by atoms with E-state index >= 15 is 0 Å². The van der Waals surface area contributed by atoms with E-state index in [1.165, 1.54) is 29.4 Å². The molecule has 0 aliphatic rings. The van der Waals surface area contributed by atoms with Crippen molar-refractivity contribution in [1.82, 2.24) is 18.7 Å². The monoisotopic (exact) mass is 482 g/mol.